The van der Waals surface area contributed by atoms with Gasteiger partial charge in [-0.25, -0.2) is 0 Å². The molecule has 1 saturated carbocycles. The zero-order valence-corrected chi connectivity index (χ0v) is 10.8. The predicted molar refractivity (Wildman–Crippen MR) is 59.6 cm³/mol. The Morgan fingerprint density at radius 1 is 1.00 bits per heavy atom. The summed E-state index contributed by atoms with van der Waals surface area (Å²) in [5.41, 5.74) is 0. The van der Waals surface area contributed by atoms with E-state index in [4.69, 9.17) is 9.11 Å². The average Bonchev–Trinajstić information content (AvgIpc) is 2.14. The molecule has 1 aliphatic rings. The predicted octanol–water partition coefficient (Wildman–Crippen LogP) is -2.23. The summed E-state index contributed by atoms with van der Waals surface area (Å²) in [5, 5.41) is 19.2. The standard InChI is InChI=1S/C7H15NO8S2/c9-6-4(3-17(11,12)13)1-2-5(7(6)10)8-18(14,15)16/h4-10H,1-3H2,(H,11,12,13)(H,14,15,16)/t4?,5?,6-,7+/m1/s1. The van der Waals surface area contributed by atoms with Gasteiger partial charge in [0.15, 0.2) is 0 Å². The molecule has 0 amide bonds. The minimum atomic E-state index is -4.52. The Kier molecular flexibility index (Phi) is 4.70. The first kappa shape index (κ1) is 15.8. The van der Waals surface area contributed by atoms with Crippen LogP contribution in [0.4, 0.5) is 0 Å². The van der Waals surface area contributed by atoms with E-state index in [0.717, 1.165) is 0 Å². The second-order valence-corrected chi connectivity index (χ2v) is 6.95. The first-order valence-electron chi connectivity index (χ1n) is 5.05. The summed E-state index contributed by atoms with van der Waals surface area (Å²) in [6.45, 7) is 0. The maximum Gasteiger partial charge on any atom is 0.333 e. The average molecular weight is 305 g/mol. The first-order valence-corrected chi connectivity index (χ1v) is 8.10. The second-order valence-electron chi connectivity index (χ2n) is 4.27. The highest BCUT2D eigenvalue weighted by molar-refractivity contribution is 7.85. The van der Waals surface area contributed by atoms with Crippen LogP contribution in [0, 0.1) is 5.92 Å². The van der Waals surface area contributed by atoms with Crippen LogP contribution < -0.4 is 4.72 Å². The molecule has 1 fully saturated rings. The molecule has 0 bridgehead atoms. The number of rotatable bonds is 4. The van der Waals surface area contributed by atoms with Gasteiger partial charge in [0.05, 0.1) is 24.0 Å². The van der Waals surface area contributed by atoms with Crippen molar-refractivity contribution in [1.29, 1.82) is 0 Å². The lowest BCUT2D eigenvalue weighted by Crippen LogP contribution is -2.54. The molecule has 108 valence electrons. The largest absolute Gasteiger partial charge is 0.390 e. The van der Waals surface area contributed by atoms with E-state index in [2.05, 4.69) is 0 Å². The number of aliphatic hydroxyl groups is 2. The smallest absolute Gasteiger partial charge is 0.333 e. The SMILES string of the molecule is O=S(=O)(O)CC1CCC(NS(=O)(=O)O)[C@H](O)[C@@H]1O. The van der Waals surface area contributed by atoms with Gasteiger partial charge in [-0.05, 0) is 12.8 Å². The molecule has 1 rings (SSSR count). The molecular formula is C7H15NO8S2. The summed E-state index contributed by atoms with van der Waals surface area (Å²) >= 11 is 0. The molecule has 0 saturated heterocycles. The van der Waals surface area contributed by atoms with Crippen LogP contribution in [0.5, 0.6) is 0 Å². The molecule has 0 heterocycles. The molecule has 2 unspecified atom stereocenters. The topological polar surface area (TPSA) is 161 Å². The van der Waals surface area contributed by atoms with Crippen molar-refractivity contribution in [2.75, 3.05) is 5.75 Å². The van der Waals surface area contributed by atoms with Crippen molar-refractivity contribution < 1.29 is 36.2 Å². The molecule has 0 aliphatic heterocycles. The Balaban J connectivity index is 2.72. The lowest BCUT2D eigenvalue weighted by Gasteiger charge is -2.36. The van der Waals surface area contributed by atoms with Crippen LogP contribution in [-0.2, 0) is 20.4 Å². The van der Waals surface area contributed by atoms with Gasteiger partial charge < -0.3 is 10.2 Å². The van der Waals surface area contributed by atoms with Crippen molar-refractivity contribution in [2.45, 2.75) is 31.1 Å². The van der Waals surface area contributed by atoms with Crippen molar-refractivity contribution in [3.05, 3.63) is 0 Å². The van der Waals surface area contributed by atoms with Crippen molar-refractivity contribution in [2.24, 2.45) is 5.92 Å². The van der Waals surface area contributed by atoms with Gasteiger partial charge in [0.25, 0.3) is 10.1 Å². The van der Waals surface area contributed by atoms with Crippen LogP contribution in [0.25, 0.3) is 0 Å². The third kappa shape index (κ3) is 4.76. The van der Waals surface area contributed by atoms with Gasteiger partial charge in [0.1, 0.15) is 0 Å². The maximum atomic E-state index is 10.7. The van der Waals surface area contributed by atoms with Crippen LogP contribution >= 0.6 is 0 Å². The third-order valence-electron chi connectivity index (χ3n) is 2.82. The van der Waals surface area contributed by atoms with Crippen LogP contribution in [0.3, 0.4) is 0 Å². The van der Waals surface area contributed by atoms with Crippen LogP contribution in [-0.4, -0.2) is 60.2 Å². The Morgan fingerprint density at radius 2 is 1.56 bits per heavy atom. The minimum absolute atomic E-state index is 0.0260. The number of hydrogen-bond donors (Lipinski definition) is 5. The molecule has 0 radical (unpaired) electrons. The van der Waals surface area contributed by atoms with Crippen molar-refractivity contribution in [3.63, 3.8) is 0 Å². The number of nitrogens with one attached hydrogen (secondary N) is 1. The Bertz CT molecular complexity index is 440. The van der Waals surface area contributed by atoms with Gasteiger partial charge in [-0.2, -0.15) is 21.6 Å². The van der Waals surface area contributed by atoms with Gasteiger partial charge in [-0.15, -0.1) is 0 Å². The normalized spacial score (nSPS) is 34.4. The molecule has 4 atom stereocenters. The fourth-order valence-corrected chi connectivity index (χ4v) is 3.57. The van der Waals surface area contributed by atoms with E-state index in [1.54, 1.807) is 4.72 Å². The summed E-state index contributed by atoms with van der Waals surface area (Å²) in [6.07, 6.45) is -2.98. The van der Waals surface area contributed by atoms with Crippen molar-refractivity contribution in [3.8, 4) is 0 Å². The van der Waals surface area contributed by atoms with Crippen LogP contribution in [0.2, 0.25) is 0 Å². The third-order valence-corrected chi connectivity index (χ3v) is 4.27. The van der Waals surface area contributed by atoms with Crippen LogP contribution in [0.15, 0.2) is 0 Å². The molecule has 0 aromatic carbocycles. The highest BCUT2D eigenvalue weighted by Gasteiger charge is 2.40. The second kappa shape index (κ2) is 5.36. The molecule has 1 aliphatic carbocycles. The minimum Gasteiger partial charge on any atom is -0.390 e. The highest BCUT2D eigenvalue weighted by Crippen LogP contribution is 2.26. The molecule has 18 heavy (non-hydrogen) atoms. The Labute approximate surface area is 104 Å². The zero-order valence-electron chi connectivity index (χ0n) is 9.17. The van der Waals surface area contributed by atoms with E-state index < -0.39 is 50.3 Å². The molecule has 0 aromatic rings. The lowest BCUT2D eigenvalue weighted by molar-refractivity contribution is -0.0529. The molecule has 9 nitrogen and oxygen atoms in total. The number of aliphatic hydroxyl groups excluding tert-OH is 2. The van der Waals surface area contributed by atoms with E-state index in [9.17, 15) is 27.0 Å². The van der Waals surface area contributed by atoms with E-state index in [-0.39, 0.29) is 12.8 Å². The summed E-state index contributed by atoms with van der Waals surface area (Å²) in [6, 6.07) is -1.10. The summed E-state index contributed by atoms with van der Waals surface area (Å²) < 4.78 is 61.4. The van der Waals surface area contributed by atoms with Gasteiger partial charge in [-0.3, -0.25) is 9.11 Å². The molecule has 5 N–H and O–H groups in total. The van der Waals surface area contributed by atoms with E-state index in [0.29, 0.717) is 0 Å². The maximum absolute atomic E-state index is 10.7. The van der Waals surface area contributed by atoms with Gasteiger partial charge >= 0.3 is 10.3 Å². The Hall–Kier alpha value is -0.300. The van der Waals surface area contributed by atoms with Crippen molar-refractivity contribution >= 4 is 20.4 Å². The van der Waals surface area contributed by atoms with E-state index in [1.807, 2.05) is 0 Å². The first-order chi connectivity index (χ1) is 7.99. The monoisotopic (exact) mass is 305 g/mol. The molecular weight excluding hydrogens is 290 g/mol. The summed E-state index contributed by atoms with van der Waals surface area (Å²) in [4.78, 5) is 0. The molecule has 11 heteroatoms. The molecule has 0 aromatic heterocycles. The summed E-state index contributed by atoms with van der Waals surface area (Å²) in [7, 11) is -8.81. The lowest BCUT2D eigenvalue weighted by atomic mass is 9.83. The Morgan fingerprint density at radius 3 is 2.00 bits per heavy atom. The van der Waals surface area contributed by atoms with E-state index >= 15 is 0 Å². The zero-order chi connectivity index (χ0) is 14.1. The quantitative estimate of drug-likeness (QED) is 0.364. The van der Waals surface area contributed by atoms with Gasteiger partial charge in [0.2, 0.25) is 0 Å². The van der Waals surface area contributed by atoms with Gasteiger partial charge in [-0.1, -0.05) is 0 Å². The van der Waals surface area contributed by atoms with E-state index in [1.165, 1.54) is 0 Å². The summed E-state index contributed by atoms with van der Waals surface area (Å²) in [5.74, 6) is -1.61. The highest BCUT2D eigenvalue weighted by atomic mass is 32.2. The fraction of sp³-hybridized carbons (Fsp3) is 1.00. The van der Waals surface area contributed by atoms with Crippen molar-refractivity contribution in [1.82, 2.24) is 4.72 Å². The fourth-order valence-electron chi connectivity index (χ4n) is 2.02. The van der Waals surface area contributed by atoms with Crippen LogP contribution in [0.1, 0.15) is 12.8 Å². The number of hydrogen-bond acceptors (Lipinski definition) is 6. The molecule has 0 spiro atoms. The van der Waals surface area contributed by atoms with Gasteiger partial charge in [0, 0.05) is 5.92 Å².